The fourth-order valence-electron chi connectivity index (χ4n) is 7.00. The van der Waals surface area contributed by atoms with Gasteiger partial charge < -0.3 is 9.47 Å². The SMILES string of the molecule is CCCCCCCCCCCCC(CCCCOC(=O)C=CC(=O)OCCCCC(CCCCCCCCCCCC)C(C)C)C(C)C. The number of esters is 2. The van der Waals surface area contributed by atoms with E-state index in [1.54, 1.807) is 0 Å². The van der Waals surface area contributed by atoms with E-state index in [2.05, 4.69) is 41.5 Å². The van der Waals surface area contributed by atoms with Gasteiger partial charge in [0.25, 0.3) is 0 Å². The summed E-state index contributed by atoms with van der Waals surface area (Å²) in [6, 6.07) is 0. The first-order valence-corrected chi connectivity index (χ1v) is 21.3. The third-order valence-electron chi connectivity index (χ3n) is 10.5. The summed E-state index contributed by atoms with van der Waals surface area (Å²) >= 11 is 0. The van der Waals surface area contributed by atoms with Gasteiger partial charge in [0, 0.05) is 12.2 Å². The van der Waals surface area contributed by atoms with Gasteiger partial charge in [-0.1, -0.05) is 196 Å². The molecule has 284 valence electrons. The number of unbranched alkanes of at least 4 members (excludes halogenated alkanes) is 20. The Bertz CT molecular complexity index is 667. The third-order valence-corrected chi connectivity index (χ3v) is 10.5. The van der Waals surface area contributed by atoms with Gasteiger partial charge in [-0.25, -0.2) is 9.59 Å². The molecule has 2 atom stereocenters. The lowest BCUT2D eigenvalue weighted by molar-refractivity contribution is -0.140. The first-order valence-electron chi connectivity index (χ1n) is 21.3. The van der Waals surface area contributed by atoms with Gasteiger partial charge in [-0.15, -0.1) is 0 Å². The van der Waals surface area contributed by atoms with E-state index in [4.69, 9.17) is 9.47 Å². The lowest BCUT2D eigenvalue weighted by Gasteiger charge is -2.20. The highest BCUT2D eigenvalue weighted by molar-refractivity contribution is 5.91. The number of hydrogen-bond acceptors (Lipinski definition) is 4. The molecule has 0 saturated heterocycles. The van der Waals surface area contributed by atoms with Crippen molar-refractivity contribution in [3.05, 3.63) is 12.2 Å². The summed E-state index contributed by atoms with van der Waals surface area (Å²) in [5, 5.41) is 0. The smallest absolute Gasteiger partial charge is 0.331 e. The van der Waals surface area contributed by atoms with E-state index < -0.39 is 11.9 Å². The number of carbonyl (C=O) groups is 2. The van der Waals surface area contributed by atoms with Crippen molar-refractivity contribution in [2.24, 2.45) is 23.7 Å². The molecule has 0 N–H and O–H groups in total. The van der Waals surface area contributed by atoms with Crippen molar-refractivity contribution in [2.45, 2.75) is 221 Å². The van der Waals surface area contributed by atoms with Gasteiger partial charge in [0.1, 0.15) is 0 Å². The third kappa shape index (κ3) is 31.9. The lowest BCUT2D eigenvalue weighted by Crippen LogP contribution is -2.10. The molecular weight excluding hydrogens is 592 g/mol. The molecule has 0 aliphatic carbocycles. The standard InChI is InChI=1S/C44H84O4/c1-7-9-11-13-15-17-19-21-23-25-31-41(39(3)4)33-27-29-37-47-43(45)35-36-44(46)48-38-30-28-34-42(40(5)6)32-26-24-22-20-18-16-14-12-10-8-2/h35-36,39-42H,7-34,37-38H2,1-6H3. The number of hydrogen-bond donors (Lipinski definition) is 0. The zero-order chi connectivity index (χ0) is 35.5. The molecule has 0 aromatic heterocycles. The molecule has 0 heterocycles. The van der Waals surface area contributed by atoms with E-state index in [1.165, 1.54) is 166 Å². The van der Waals surface area contributed by atoms with Crippen molar-refractivity contribution in [3.63, 3.8) is 0 Å². The van der Waals surface area contributed by atoms with Gasteiger partial charge in [0.05, 0.1) is 13.2 Å². The largest absolute Gasteiger partial charge is 0.463 e. The van der Waals surface area contributed by atoms with Crippen LogP contribution in [0, 0.1) is 23.7 Å². The zero-order valence-electron chi connectivity index (χ0n) is 33.3. The van der Waals surface area contributed by atoms with Crippen LogP contribution in [0.5, 0.6) is 0 Å². The Hall–Kier alpha value is -1.32. The fraction of sp³-hybridized carbons (Fsp3) is 0.909. The van der Waals surface area contributed by atoms with Gasteiger partial charge in [-0.2, -0.15) is 0 Å². The molecule has 0 bridgehead atoms. The Morgan fingerprint density at radius 1 is 0.396 bits per heavy atom. The van der Waals surface area contributed by atoms with E-state index in [-0.39, 0.29) is 0 Å². The molecule has 0 rings (SSSR count). The lowest BCUT2D eigenvalue weighted by atomic mass is 9.86. The molecule has 0 fully saturated rings. The monoisotopic (exact) mass is 677 g/mol. The fourth-order valence-corrected chi connectivity index (χ4v) is 7.00. The number of rotatable bonds is 36. The summed E-state index contributed by atoms with van der Waals surface area (Å²) in [7, 11) is 0. The normalized spacial score (nSPS) is 13.1. The Morgan fingerprint density at radius 3 is 0.917 bits per heavy atom. The molecule has 0 aromatic rings. The average Bonchev–Trinajstić information content (AvgIpc) is 3.06. The van der Waals surface area contributed by atoms with Gasteiger partial charge in [-0.3, -0.25) is 0 Å². The van der Waals surface area contributed by atoms with E-state index in [1.807, 2.05) is 0 Å². The second-order valence-corrected chi connectivity index (χ2v) is 15.6. The minimum atomic E-state index is -0.454. The van der Waals surface area contributed by atoms with Crippen molar-refractivity contribution in [2.75, 3.05) is 13.2 Å². The summed E-state index contributed by atoms with van der Waals surface area (Å²) in [6.45, 7) is 14.8. The van der Waals surface area contributed by atoms with Gasteiger partial charge in [0.15, 0.2) is 0 Å². The minimum Gasteiger partial charge on any atom is -0.463 e. The van der Waals surface area contributed by atoms with Crippen molar-refractivity contribution < 1.29 is 19.1 Å². The highest BCUT2D eigenvalue weighted by atomic mass is 16.5. The second kappa shape index (κ2) is 35.5. The molecule has 4 nitrogen and oxygen atoms in total. The van der Waals surface area contributed by atoms with Crippen molar-refractivity contribution >= 4 is 11.9 Å². The zero-order valence-corrected chi connectivity index (χ0v) is 33.3. The maximum Gasteiger partial charge on any atom is 0.331 e. The second-order valence-electron chi connectivity index (χ2n) is 15.6. The Morgan fingerprint density at radius 2 is 0.646 bits per heavy atom. The Kier molecular flexibility index (Phi) is 34.5. The van der Waals surface area contributed by atoms with Crippen LogP contribution in [0.2, 0.25) is 0 Å². The number of ether oxygens (including phenoxy) is 2. The predicted molar refractivity (Wildman–Crippen MR) is 208 cm³/mol. The molecule has 4 heteroatoms. The summed E-state index contributed by atoms with van der Waals surface area (Å²) in [5.74, 6) is 2.00. The molecule has 0 radical (unpaired) electrons. The molecule has 0 aromatic carbocycles. The van der Waals surface area contributed by atoms with E-state index >= 15 is 0 Å². The molecule has 2 unspecified atom stereocenters. The Balaban J connectivity index is 3.86. The summed E-state index contributed by atoms with van der Waals surface area (Å²) < 4.78 is 10.7. The van der Waals surface area contributed by atoms with Gasteiger partial charge in [-0.05, 0) is 49.4 Å². The topological polar surface area (TPSA) is 52.6 Å². The van der Waals surface area contributed by atoms with Crippen LogP contribution in [0.15, 0.2) is 12.2 Å². The predicted octanol–water partition coefficient (Wildman–Crippen LogP) is 14.1. The quantitative estimate of drug-likeness (QED) is 0.0376. The number of carbonyl (C=O) groups excluding carboxylic acids is 2. The first kappa shape index (κ1) is 46.7. The molecule has 0 amide bonds. The van der Waals surface area contributed by atoms with Crippen LogP contribution in [0.1, 0.15) is 221 Å². The van der Waals surface area contributed by atoms with Crippen molar-refractivity contribution in [1.82, 2.24) is 0 Å². The molecule has 48 heavy (non-hydrogen) atoms. The van der Waals surface area contributed by atoms with Crippen LogP contribution in [0.3, 0.4) is 0 Å². The highest BCUT2D eigenvalue weighted by Crippen LogP contribution is 2.26. The van der Waals surface area contributed by atoms with Gasteiger partial charge in [0.2, 0.25) is 0 Å². The summed E-state index contributed by atoms with van der Waals surface area (Å²) in [4.78, 5) is 24.1. The van der Waals surface area contributed by atoms with Crippen LogP contribution < -0.4 is 0 Å². The van der Waals surface area contributed by atoms with Crippen LogP contribution >= 0.6 is 0 Å². The van der Waals surface area contributed by atoms with E-state index in [0.717, 1.165) is 37.5 Å². The van der Waals surface area contributed by atoms with Crippen LogP contribution in [0.4, 0.5) is 0 Å². The van der Waals surface area contributed by atoms with Crippen LogP contribution in [0.25, 0.3) is 0 Å². The van der Waals surface area contributed by atoms with Crippen molar-refractivity contribution in [1.29, 1.82) is 0 Å². The van der Waals surface area contributed by atoms with E-state index in [0.29, 0.717) is 25.0 Å². The van der Waals surface area contributed by atoms with Crippen LogP contribution in [-0.2, 0) is 19.1 Å². The van der Waals surface area contributed by atoms with Crippen molar-refractivity contribution in [3.8, 4) is 0 Å². The van der Waals surface area contributed by atoms with E-state index in [9.17, 15) is 9.59 Å². The average molecular weight is 677 g/mol. The molecule has 0 saturated carbocycles. The first-order chi connectivity index (χ1) is 23.3. The Labute approximate surface area is 300 Å². The summed E-state index contributed by atoms with van der Waals surface area (Å²) in [5.41, 5.74) is 0. The highest BCUT2D eigenvalue weighted by Gasteiger charge is 2.14. The minimum absolute atomic E-state index is 0.414. The molecule has 0 spiro atoms. The molecule has 0 aliphatic heterocycles. The van der Waals surface area contributed by atoms with Crippen LogP contribution in [-0.4, -0.2) is 25.2 Å². The maximum absolute atomic E-state index is 12.1. The summed E-state index contributed by atoms with van der Waals surface area (Å²) in [6.07, 6.45) is 39.1. The van der Waals surface area contributed by atoms with Gasteiger partial charge >= 0.3 is 11.9 Å². The molecule has 0 aliphatic rings. The maximum atomic E-state index is 12.1. The molecular formula is C44H84O4.